The number of fused-ring (bicyclic) bond motifs is 1. The van der Waals surface area contributed by atoms with Crippen molar-refractivity contribution < 1.29 is 23.4 Å². The third kappa shape index (κ3) is 6.27. The van der Waals surface area contributed by atoms with Crippen molar-refractivity contribution in [2.24, 2.45) is 11.8 Å². The number of carboxylic acid groups (broad SMARTS) is 1. The van der Waals surface area contributed by atoms with Crippen LogP contribution in [0.5, 0.6) is 5.75 Å². The number of likely N-dealkylation sites (tertiary alicyclic amines) is 1. The van der Waals surface area contributed by atoms with Crippen LogP contribution in [0.3, 0.4) is 0 Å². The van der Waals surface area contributed by atoms with Crippen LogP contribution in [-0.4, -0.2) is 58.4 Å². The van der Waals surface area contributed by atoms with E-state index >= 15 is 0 Å². The van der Waals surface area contributed by atoms with E-state index in [9.17, 15) is 18.7 Å². The Bertz CT molecular complexity index is 1180. The van der Waals surface area contributed by atoms with Crippen LogP contribution in [0, 0.1) is 23.5 Å². The van der Waals surface area contributed by atoms with Gasteiger partial charge >= 0.3 is 5.97 Å². The van der Waals surface area contributed by atoms with Crippen LogP contribution in [0.1, 0.15) is 24.8 Å². The first kappa shape index (κ1) is 25.3. The van der Waals surface area contributed by atoms with Gasteiger partial charge in [0.1, 0.15) is 16.6 Å². The number of aliphatic carboxylic acids is 1. The smallest absolute Gasteiger partial charge is 0.308 e. The number of pyridine rings is 2. The molecule has 0 amide bonds. The Morgan fingerprint density at radius 3 is 2.89 bits per heavy atom. The van der Waals surface area contributed by atoms with Crippen LogP contribution in [-0.2, 0) is 11.2 Å². The number of piperidine rings is 1. The number of nitrogens with zero attached hydrogens (tertiary/aromatic N) is 3. The average Bonchev–Trinajstić information content (AvgIpc) is 2.86. The maximum Gasteiger partial charge on any atom is 0.308 e. The molecule has 1 aromatic carbocycles. The number of thioether (sulfide) groups is 1. The number of halogens is 2. The van der Waals surface area contributed by atoms with Crippen molar-refractivity contribution in [1.82, 2.24) is 14.9 Å². The SMILES string of the molecule is COc1ccc2ncc(F)c(CCCC3CCN(CCSc4ncccc4F)CC3C(=O)O)c2c1. The minimum atomic E-state index is -0.798. The van der Waals surface area contributed by atoms with Gasteiger partial charge in [-0.3, -0.25) is 9.78 Å². The largest absolute Gasteiger partial charge is 0.497 e. The minimum absolute atomic E-state index is 0.0373. The van der Waals surface area contributed by atoms with Gasteiger partial charge in [0.25, 0.3) is 0 Å². The molecule has 1 saturated heterocycles. The zero-order valence-electron chi connectivity index (χ0n) is 19.6. The van der Waals surface area contributed by atoms with E-state index < -0.39 is 11.9 Å². The lowest BCUT2D eigenvalue weighted by atomic mass is 9.81. The number of carboxylic acids is 1. The summed E-state index contributed by atoms with van der Waals surface area (Å²) in [6.07, 6.45) is 5.50. The molecule has 3 heterocycles. The van der Waals surface area contributed by atoms with Crippen molar-refractivity contribution in [3.63, 3.8) is 0 Å². The van der Waals surface area contributed by atoms with Crippen molar-refractivity contribution in [3.05, 3.63) is 59.9 Å². The predicted molar refractivity (Wildman–Crippen MR) is 132 cm³/mol. The van der Waals surface area contributed by atoms with E-state index in [4.69, 9.17) is 4.74 Å². The van der Waals surface area contributed by atoms with E-state index in [1.807, 2.05) is 6.07 Å². The van der Waals surface area contributed by atoms with Gasteiger partial charge in [0, 0.05) is 30.4 Å². The van der Waals surface area contributed by atoms with E-state index in [0.717, 1.165) is 18.4 Å². The van der Waals surface area contributed by atoms with E-state index in [-0.39, 0.29) is 17.6 Å². The van der Waals surface area contributed by atoms with E-state index in [1.165, 1.54) is 24.0 Å². The van der Waals surface area contributed by atoms with Gasteiger partial charge in [-0.15, -0.1) is 11.8 Å². The summed E-state index contributed by atoms with van der Waals surface area (Å²) in [6, 6.07) is 8.36. The van der Waals surface area contributed by atoms with Crippen molar-refractivity contribution in [3.8, 4) is 5.75 Å². The first-order valence-electron chi connectivity index (χ1n) is 11.8. The molecule has 3 aromatic rings. The number of methoxy groups -OCH3 is 1. The topological polar surface area (TPSA) is 75.5 Å². The van der Waals surface area contributed by atoms with Gasteiger partial charge in [0.15, 0.2) is 5.82 Å². The standard InChI is InChI=1S/C26H29F2N3O3S/c1-34-18-7-8-24-20(14-18)19(23(28)15-30-24)5-2-4-17-9-11-31(16-21(17)26(32)33)12-13-35-25-22(27)6-3-10-29-25/h3,6-8,10,14-15,17,21H,2,4-5,9,11-13,16H2,1H3,(H,32,33). The van der Waals surface area contributed by atoms with Crippen molar-refractivity contribution in [2.45, 2.75) is 30.7 Å². The van der Waals surface area contributed by atoms with Crippen molar-refractivity contribution >= 4 is 28.6 Å². The molecule has 2 atom stereocenters. The van der Waals surface area contributed by atoms with E-state index in [2.05, 4.69) is 14.9 Å². The normalized spacial score (nSPS) is 18.6. The lowest BCUT2D eigenvalue weighted by molar-refractivity contribution is -0.146. The quantitative estimate of drug-likeness (QED) is 0.390. The van der Waals surface area contributed by atoms with Crippen molar-refractivity contribution in [1.29, 1.82) is 0 Å². The molecule has 1 aliphatic heterocycles. The van der Waals surface area contributed by atoms with Gasteiger partial charge < -0.3 is 14.7 Å². The van der Waals surface area contributed by atoms with Crippen LogP contribution in [0.2, 0.25) is 0 Å². The summed E-state index contributed by atoms with van der Waals surface area (Å²) < 4.78 is 33.6. The molecule has 2 unspecified atom stereocenters. The van der Waals surface area contributed by atoms with Crippen LogP contribution >= 0.6 is 11.8 Å². The second-order valence-electron chi connectivity index (χ2n) is 8.79. The Balaban J connectivity index is 1.33. The molecule has 186 valence electrons. The molecule has 35 heavy (non-hydrogen) atoms. The molecule has 1 fully saturated rings. The summed E-state index contributed by atoms with van der Waals surface area (Å²) in [5.74, 6) is -0.631. The van der Waals surface area contributed by atoms with Crippen LogP contribution in [0.4, 0.5) is 8.78 Å². The highest BCUT2D eigenvalue weighted by Crippen LogP contribution is 2.31. The molecular weight excluding hydrogens is 472 g/mol. The number of aromatic nitrogens is 2. The fraction of sp³-hybridized carbons (Fsp3) is 0.423. The molecule has 0 saturated carbocycles. The fourth-order valence-corrected chi connectivity index (χ4v) is 5.65. The number of hydrogen-bond donors (Lipinski definition) is 1. The van der Waals surface area contributed by atoms with Gasteiger partial charge in [-0.05, 0) is 74.0 Å². The Morgan fingerprint density at radius 2 is 2.11 bits per heavy atom. The summed E-state index contributed by atoms with van der Waals surface area (Å²) in [7, 11) is 1.57. The van der Waals surface area contributed by atoms with Crippen LogP contribution < -0.4 is 4.74 Å². The highest BCUT2D eigenvalue weighted by Gasteiger charge is 2.33. The molecular formula is C26H29F2N3O3S. The molecule has 0 aliphatic carbocycles. The van der Waals surface area contributed by atoms with Gasteiger partial charge in [-0.2, -0.15) is 0 Å². The Morgan fingerprint density at radius 1 is 1.26 bits per heavy atom. The number of rotatable bonds is 10. The second kappa shape index (κ2) is 11.8. The molecule has 1 aliphatic rings. The summed E-state index contributed by atoms with van der Waals surface area (Å²) in [4.78, 5) is 22.4. The number of carbonyl (C=O) groups is 1. The van der Waals surface area contributed by atoms with Gasteiger partial charge in [0.05, 0.1) is 24.7 Å². The van der Waals surface area contributed by atoms with Gasteiger partial charge in [-0.25, -0.2) is 13.8 Å². The lowest BCUT2D eigenvalue weighted by Gasteiger charge is -2.36. The first-order chi connectivity index (χ1) is 17.0. The monoisotopic (exact) mass is 501 g/mol. The van der Waals surface area contributed by atoms with Gasteiger partial charge in [0.2, 0.25) is 0 Å². The van der Waals surface area contributed by atoms with E-state index in [0.29, 0.717) is 60.0 Å². The summed E-state index contributed by atoms with van der Waals surface area (Å²) in [5.41, 5.74) is 1.30. The summed E-state index contributed by atoms with van der Waals surface area (Å²) >= 11 is 1.34. The van der Waals surface area contributed by atoms with Gasteiger partial charge in [-0.1, -0.05) is 0 Å². The average molecular weight is 502 g/mol. The third-order valence-electron chi connectivity index (χ3n) is 6.66. The zero-order valence-corrected chi connectivity index (χ0v) is 20.4. The van der Waals surface area contributed by atoms with Crippen LogP contribution in [0.15, 0.2) is 47.8 Å². The van der Waals surface area contributed by atoms with E-state index in [1.54, 1.807) is 31.5 Å². The maximum atomic E-state index is 14.6. The summed E-state index contributed by atoms with van der Waals surface area (Å²) in [5, 5.41) is 11.0. The number of benzene rings is 1. The second-order valence-corrected chi connectivity index (χ2v) is 9.88. The molecule has 0 spiro atoms. The lowest BCUT2D eigenvalue weighted by Crippen LogP contribution is -2.44. The zero-order chi connectivity index (χ0) is 24.8. The highest BCUT2D eigenvalue weighted by atomic mass is 32.2. The predicted octanol–water partition coefficient (Wildman–Crippen LogP) is 5.05. The van der Waals surface area contributed by atoms with Crippen molar-refractivity contribution in [2.75, 3.05) is 32.5 Å². The Labute approximate surface area is 207 Å². The molecule has 0 radical (unpaired) electrons. The summed E-state index contributed by atoms with van der Waals surface area (Å²) in [6.45, 7) is 1.94. The maximum absolute atomic E-state index is 14.6. The third-order valence-corrected chi connectivity index (χ3v) is 7.62. The first-order valence-corrected chi connectivity index (χ1v) is 12.7. The molecule has 6 nitrogen and oxygen atoms in total. The molecule has 4 rings (SSSR count). The number of aryl methyl sites for hydroxylation is 1. The molecule has 1 N–H and O–H groups in total. The van der Waals surface area contributed by atoms with Crippen LogP contribution in [0.25, 0.3) is 10.9 Å². The Hall–Kier alpha value is -2.78. The molecule has 0 bridgehead atoms. The molecule has 2 aromatic heterocycles. The highest BCUT2D eigenvalue weighted by molar-refractivity contribution is 7.99. The number of hydrogen-bond acceptors (Lipinski definition) is 6. The molecule has 9 heteroatoms. The Kier molecular flexibility index (Phi) is 8.51. The number of ether oxygens (including phenoxy) is 1. The minimum Gasteiger partial charge on any atom is -0.497 e. The fourth-order valence-electron chi connectivity index (χ4n) is 4.77.